The topological polar surface area (TPSA) is 108 Å². The number of nitrogens with zero attached hydrogens (tertiary/aromatic N) is 2. The molecule has 0 aliphatic carbocycles. The molecule has 2 rings (SSSR count). The van der Waals surface area contributed by atoms with Crippen LogP contribution in [0.15, 0.2) is 20.3 Å². The molecule has 0 bridgehead atoms. The summed E-state index contributed by atoms with van der Waals surface area (Å²) in [6, 6.07) is 1.79. The van der Waals surface area contributed by atoms with Crippen LogP contribution in [0.3, 0.4) is 0 Å². The molecule has 0 amide bonds. The SMILES string of the molecule is N#C[C@H]1O[C@@H](n2cc(Br)c(=O)[nH]c2=O)C[C@@H]1O. The summed E-state index contributed by atoms with van der Waals surface area (Å²) < 4.78 is 6.50. The number of aromatic nitrogens is 2. The Labute approximate surface area is 103 Å². The summed E-state index contributed by atoms with van der Waals surface area (Å²) in [6.07, 6.45) is -1.26. The summed E-state index contributed by atoms with van der Waals surface area (Å²) in [6.45, 7) is 0. The van der Waals surface area contributed by atoms with Crippen LogP contribution in [-0.2, 0) is 4.74 Å². The average Bonchev–Trinajstić information content (AvgIpc) is 2.65. The number of ether oxygens (including phenoxy) is 1. The quantitative estimate of drug-likeness (QED) is 0.725. The lowest BCUT2D eigenvalue weighted by atomic mass is 10.2. The molecule has 1 aromatic heterocycles. The molecule has 2 N–H and O–H groups in total. The van der Waals surface area contributed by atoms with Gasteiger partial charge in [-0.1, -0.05) is 0 Å². The van der Waals surface area contributed by atoms with Crippen LogP contribution in [0.4, 0.5) is 0 Å². The van der Waals surface area contributed by atoms with Gasteiger partial charge in [0.25, 0.3) is 5.56 Å². The largest absolute Gasteiger partial charge is 0.389 e. The fourth-order valence-corrected chi connectivity index (χ4v) is 1.94. The molecule has 17 heavy (non-hydrogen) atoms. The van der Waals surface area contributed by atoms with E-state index in [1.54, 1.807) is 6.07 Å². The highest BCUT2D eigenvalue weighted by Gasteiger charge is 2.35. The number of halogens is 1. The number of nitrogens with one attached hydrogen (secondary N) is 1. The Balaban J connectivity index is 2.38. The number of rotatable bonds is 1. The highest BCUT2D eigenvalue weighted by Crippen LogP contribution is 2.27. The molecule has 0 saturated carbocycles. The second-order valence-corrected chi connectivity index (χ2v) is 4.44. The maximum atomic E-state index is 11.5. The molecule has 8 heteroatoms. The van der Waals surface area contributed by atoms with Crippen molar-refractivity contribution in [2.75, 3.05) is 0 Å². The molecule has 2 heterocycles. The molecule has 0 spiro atoms. The smallest absolute Gasteiger partial charge is 0.330 e. The molecule has 1 aromatic rings. The summed E-state index contributed by atoms with van der Waals surface area (Å²) in [5, 5.41) is 18.2. The minimum Gasteiger partial charge on any atom is -0.389 e. The minimum absolute atomic E-state index is 0.122. The van der Waals surface area contributed by atoms with Gasteiger partial charge in [-0.25, -0.2) is 4.79 Å². The number of nitriles is 1. The third-order valence-electron chi connectivity index (χ3n) is 2.46. The molecule has 1 aliphatic heterocycles. The first-order valence-electron chi connectivity index (χ1n) is 4.77. The Kier molecular flexibility index (Phi) is 3.15. The third kappa shape index (κ3) is 2.17. The van der Waals surface area contributed by atoms with Crippen LogP contribution in [0, 0.1) is 11.3 Å². The van der Waals surface area contributed by atoms with Gasteiger partial charge in [0, 0.05) is 12.6 Å². The zero-order chi connectivity index (χ0) is 12.6. The average molecular weight is 302 g/mol. The second kappa shape index (κ2) is 4.44. The predicted octanol–water partition coefficient (Wildman–Crippen LogP) is -0.529. The van der Waals surface area contributed by atoms with Crippen LogP contribution in [0.25, 0.3) is 0 Å². The molecule has 1 aliphatic rings. The van der Waals surface area contributed by atoms with Crippen LogP contribution in [0.5, 0.6) is 0 Å². The van der Waals surface area contributed by atoms with Crippen LogP contribution in [0.2, 0.25) is 0 Å². The maximum Gasteiger partial charge on any atom is 0.330 e. The first-order chi connectivity index (χ1) is 8.02. The molecular weight excluding hydrogens is 294 g/mol. The van der Waals surface area contributed by atoms with Gasteiger partial charge >= 0.3 is 5.69 Å². The Morgan fingerprint density at radius 2 is 2.35 bits per heavy atom. The Bertz CT molecular complexity index is 587. The van der Waals surface area contributed by atoms with E-state index < -0.39 is 29.7 Å². The van der Waals surface area contributed by atoms with Gasteiger partial charge in [0.2, 0.25) is 0 Å². The lowest BCUT2D eigenvalue weighted by Crippen LogP contribution is -2.32. The fourth-order valence-electron chi connectivity index (χ4n) is 1.62. The Morgan fingerprint density at radius 3 is 2.94 bits per heavy atom. The third-order valence-corrected chi connectivity index (χ3v) is 3.02. The molecule has 90 valence electrons. The van der Waals surface area contributed by atoms with Gasteiger partial charge in [0.15, 0.2) is 6.10 Å². The summed E-state index contributed by atoms with van der Waals surface area (Å²) in [7, 11) is 0. The molecular formula is C9H8BrN3O4. The normalized spacial score (nSPS) is 27.9. The number of H-pyrrole nitrogens is 1. The first-order valence-corrected chi connectivity index (χ1v) is 5.56. The highest BCUT2D eigenvalue weighted by molar-refractivity contribution is 9.10. The van der Waals surface area contributed by atoms with E-state index in [9.17, 15) is 14.7 Å². The monoisotopic (exact) mass is 301 g/mol. The van der Waals surface area contributed by atoms with Gasteiger partial charge in [-0.15, -0.1) is 0 Å². The fraction of sp³-hybridized carbons (Fsp3) is 0.444. The van der Waals surface area contributed by atoms with Gasteiger partial charge in [-0.05, 0) is 15.9 Å². The van der Waals surface area contributed by atoms with Crippen molar-refractivity contribution in [3.05, 3.63) is 31.5 Å². The van der Waals surface area contributed by atoms with Crippen molar-refractivity contribution in [3.8, 4) is 6.07 Å². The number of aliphatic hydroxyl groups is 1. The van der Waals surface area contributed by atoms with Crippen molar-refractivity contribution in [3.63, 3.8) is 0 Å². The minimum atomic E-state index is -0.961. The molecule has 0 radical (unpaired) electrons. The van der Waals surface area contributed by atoms with E-state index in [0.29, 0.717) is 0 Å². The molecule has 0 unspecified atom stereocenters. The number of hydrogen-bond donors (Lipinski definition) is 2. The molecule has 7 nitrogen and oxygen atoms in total. The van der Waals surface area contributed by atoms with Gasteiger partial charge in [-0.3, -0.25) is 14.3 Å². The van der Waals surface area contributed by atoms with Gasteiger partial charge in [0.1, 0.15) is 6.23 Å². The predicted molar refractivity (Wildman–Crippen MR) is 59.2 cm³/mol. The van der Waals surface area contributed by atoms with E-state index in [2.05, 4.69) is 20.9 Å². The van der Waals surface area contributed by atoms with E-state index >= 15 is 0 Å². The molecule has 1 saturated heterocycles. The number of aliphatic hydroxyl groups excluding tert-OH is 1. The van der Waals surface area contributed by atoms with Crippen LogP contribution >= 0.6 is 15.9 Å². The van der Waals surface area contributed by atoms with Crippen molar-refractivity contribution in [2.24, 2.45) is 0 Å². The van der Waals surface area contributed by atoms with E-state index in [0.717, 1.165) is 4.57 Å². The summed E-state index contributed by atoms with van der Waals surface area (Å²) >= 11 is 2.99. The number of hydrogen-bond acceptors (Lipinski definition) is 5. The Morgan fingerprint density at radius 1 is 1.65 bits per heavy atom. The van der Waals surface area contributed by atoms with Crippen LogP contribution < -0.4 is 11.2 Å². The van der Waals surface area contributed by atoms with Crippen LogP contribution in [0.1, 0.15) is 12.6 Å². The molecule has 0 aromatic carbocycles. The zero-order valence-electron chi connectivity index (χ0n) is 8.46. The van der Waals surface area contributed by atoms with Gasteiger partial charge in [-0.2, -0.15) is 5.26 Å². The highest BCUT2D eigenvalue weighted by atomic mass is 79.9. The summed E-state index contributed by atoms with van der Waals surface area (Å²) in [5.41, 5.74) is -1.18. The zero-order valence-corrected chi connectivity index (χ0v) is 10.0. The molecule has 3 atom stereocenters. The van der Waals surface area contributed by atoms with Crippen molar-refractivity contribution < 1.29 is 9.84 Å². The van der Waals surface area contributed by atoms with Gasteiger partial charge < -0.3 is 9.84 Å². The standard InChI is InChI=1S/C9H8BrN3O4/c10-4-3-13(9(16)12-8(4)15)7-1-5(14)6(2-11)17-7/h3,5-7,14H,1H2,(H,12,15,16)/t5-,6+,7+/m0/s1. The van der Waals surface area contributed by atoms with Gasteiger partial charge in [0.05, 0.1) is 16.6 Å². The van der Waals surface area contributed by atoms with Crippen molar-refractivity contribution in [2.45, 2.75) is 24.9 Å². The summed E-state index contributed by atoms with van der Waals surface area (Å²) in [5.74, 6) is 0. The number of aromatic amines is 1. The second-order valence-electron chi connectivity index (χ2n) is 3.59. The van der Waals surface area contributed by atoms with E-state index in [1.807, 2.05) is 0 Å². The summed E-state index contributed by atoms with van der Waals surface area (Å²) in [4.78, 5) is 24.7. The van der Waals surface area contributed by atoms with Crippen molar-refractivity contribution in [1.29, 1.82) is 5.26 Å². The van der Waals surface area contributed by atoms with Crippen molar-refractivity contribution >= 4 is 15.9 Å². The first kappa shape index (κ1) is 12.0. The van der Waals surface area contributed by atoms with E-state index in [4.69, 9.17) is 10.00 Å². The lowest BCUT2D eigenvalue weighted by Gasteiger charge is -2.12. The lowest BCUT2D eigenvalue weighted by molar-refractivity contribution is 0.00854. The Hall–Kier alpha value is -1.43. The maximum absolute atomic E-state index is 11.5. The van der Waals surface area contributed by atoms with Crippen molar-refractivity contribution in [1.82, 2.24) is 9.55 Å². The van der Waals surface area contributed by atoms with E-state index in [1.165, 1.54) is 6.20 Å². The molecule has 1 fully saturated rings. The van der Waals surface area contributed by atoms with Crippen LogP contribution in [-0.4, -0.2) is 26.9 Å². The van der Waals surface area contributed by atoms with E-state index in [-0.39, 0.29) is 10.9 Å².